The van der Waals surface area contributed by atoms with E-state index in [0.29, 0.717) is 5.92 Å². The number of halogens is 1. The maximum absolute atomic E-state index is 10.6. The van der Waals surface area contributed by atoms with E-state index in [2.05, 4.69) is 26.8 Å². The highest BCUT2D eigenvalue weighted by Gasteiger charge is 2.01. The number of allylic oxidation sites excluding steroid dienone is 4. The van der Waals surface area contributed by atoms with Crippen LogP contribution in [0.3, 0.4) is 0 Å². The first kappa shape index (κ1) is 16.4. The van der Waals surface area contributed by atoms with Crippen molar-refractivity contribution in [2.75, 3.05) is 0 Å². The number of carbonyl (C=O) groups is 1. The zero-order chi connectivity index (χ0) is 13.3. The standard InChI is InChI=1S/C15H25ClO/c1-12(2)7-5-8-13(3)9-6-10-14(4)11-15(16)17/h6,10-13H,5,7-9H2,1-4H3. The molecule has 0 saturated carbocycles. The molecule has 0 amide bonds. The van der Waals surface area contributed by atoms with Crippen LogP contribution in [0.2, 0.25) is 0 Å². The summed E-state index contributed by atoms with van der Waals surface area (Å²) in [5.41, 5.74) is 0.916. The summed E-state index contributed by atoms with van der Waals surface area (Å²) < 4.78 is 0. The first-order valence-electron chi connectivity index (χ1n) is 6.46. The van der Waals surface area contributed by atoms with Gasteiger partial charge in [-0.25, -0.2) is 0 Å². The third-order valence-electron chi connectivity index (χ3n) is 2.74. The van der Waals surface area contributed by atoms with Crippen molar-refractivity contribution in [2.45, 2.75) is 53.4 Å². The minimum absolute atomic E-state index is 0.405. The first-order valence-corrected chi connectivity index (χ1v) is 6.84. The summed E-state index contributed by atoms with van der Waals surface area (Å²) in [5.74, 6) is 1.52. The topological polar surface area (TPSA) is 17.1 Å². The normalized spacial score (nSPS) is 14.6. The lowest BCUT2D eigenvalue weighted by molar-refractivity contribution is -0.107. The fraction of sp³-hybridized carbons (Fsp3) is 0.667. The van der Waals surface area contributed by atoms with Gasteiger partial charge in [-0.3, -0.25) is 4.79 Å². The molecule has 0 aliphatic carbocycles. The molecular formula is C15H25ClO. The van der Waals surface area contributed by atoms with Gasteiger partial charge in [-0.2, -0.15) is 0 Å². The summed E-state index contributed by atoms with van der Waals surface area (Å²) in [6.45, 7) is 8.69. The fourth-order valence-corrected chi connectivity index (χ4v) is 1.88. The Morgan fingerprint density at radius 3 is 2.41 bits per heavy atom. The van der Waals surface area contributed by atoms with E-state index in [1.807, 2.05) is 13.0 Å². The Balaban J connectivity index is 3.79. The second-order valence-corrected chi connectivity index (χ2v) is 5.63. The number of carbonyl (C=O) groups excluding carboxylic acids is 1. The average Bonchev–Trinajstić information content (AvgIpc) is 2.15. The summed E-state index contributed by atoms with van der Waals surface area (Å²) in [5, 5.41) is -0.405. The lowest BCUT2D eigenvalue weighted by Gasteiger charge is -2.09. The maximum Gasteiger partial charge on any atom is 0.245 e. The smallest absolute Gasteiger partial charge is 0.245 e. The molecule has 0 aromatic rings. The molecule has 1 atom stereocenters. The molecule has 0 saturated heterocycles. The van der Waals surface area contributed by atoms with Gasteiger partial charge in [-0.15, -0.1) is 0 Å². The van der Waals surface area contributed by atoms with Crippen LogP contribution in [-0.4, -0.2) is 5.24 Å². The highest BCUT2D eigenvalue weighted by molar-refractivity contribution is 6.66. The Labute approximate surface area is 111 Å². The van der Waals surface area contributed by atoms with Crippen molar-refractivity contribution in [1.82, 2.24) is 0 Å². The van der Waals surface area contributed by atoms with Crippen molar-refractivity contribution in [3.05, 3.63) is 23.8 Å². The average molecular weight is 257 g/mol. The molecule has 0 aliphatic rings. The van der Waals surface area contributed by atoms with Crippen LogP contribution in [-0.2, 0) is 4.79 Å². The molecule has 0 aromatic heterocycles. The van der Waals surface area contributed by atoms with E-state index in [1.54, 1.807) is 0 Å². The Bertz CT molecular complexity index is 277. The van der Waals surface area contributed by atoms with Crippen LogP contribution in [0.25, 0.3) is 0 Å². The van der Waals surface area contributed by atoms with E-state index >= 15 is 0 Å². The summed E-state index contributed by atoms with van der Waals surface area (Å²) in [4.78, 5) is 10.6. The van der Waals surface area contributed by atoms with Gasteiger partial charge >= 0.3 is 0 Å². The van der Waals surface area contributed by atoms with E-state index in [1.165, 1.54) is 25.3 Å². The molecule has 0 radical (unpaired) electrons. The molecule has 0 aliphatic heterocycles. The number of hydrogen-bond donors (Lipinski definition) is 0. The lowest BCUT2D eigenvalue weighted by Crippen LogP contribution is -1.95. The van der Waals surface area contributed by atoms with Gasteiger partial charge < -0.3 is 0 Å². The molecule has 17 heavy (non-hydrogen) atoms. The molecule has 0 aromatic carbocycles. The van der Waals surface area contributed by atoms with Crippen molar-refractivity contribution in [1.29, 1.82) is 0 Å². The van der Waals surface area contributed by atoms with Crippen LogP contribution < -0.4 is 0 Å². The lowest BCUT2D eigenvalue weighted by atomic mass is 9.97. The number of hydrogen-bond acceptors (Lipinski definition) is 1. The monoisotopic (exact) mass is 256 g/mol. The molecule has 0 rings (SSSR count). The zero-order valence-corrected chi connectivity index (χ0v) is 12.3. The van der Waals surface area contributed by atoms with Crippen molar-refractivity contribution in [3.8, 4) is 0 Å². The molecule has 0 fully saturated rings. The van der Waals surface area contributed by atoms with E-state index in [9.17, 15) is 4.79 Å². The summed E-state index contributed by atoms with van der Waals surface area (Å²) >= 11 is 5.26. The largest absolute Gasteiger partial charge is 0.276 e. The van der Waals surface area contributed by atoms with E-state index in [0.717, 1.165) is 17.9 Å². The van der Waals surface area contributed by atoms with Crippen LogP contribution >= 0.6 is 11.6 Å². The van der Waals surface area contributed by atoms with E-state index in [4.69, 9.17) is 11.6 Å². The van der Waals surface area contributed by atoms with Crippen LogP contribution in [0.15, 0.2) is 23.8 Å². The third kappa shape index (κ3) is 11.7. The predicted octanol–water partition coefficient (Wildman–Crippen LogP) is 5.11. The van der Waals surface area contributed by atoms with Crippen LogP contribution in [0, 0.1) is 11.8 Å². The molecule has 1 nitrogen and oxygen atoms in total. The van der Waals surface area contributed by atoms with Gasteiger partial charge in [-0.05, 0) is 42.4 Å². The van der Waals surface area contributed by atoms with Crippen LogP contribution in [0.5, 0.6) is 0 Å². The second-order valence-electron chi connectivity index (χ2n) is 5.26. The molecule has 0 bridgehead atoms. The van der Waals surface area contributed by atoms with Gasteiger partial charge in [0.05, 0.1) is 0 Å². The Kier molecular flexibility index (Phi) is 9.16. The second kappa shape index (κ2) is 9.47. The predicted molar refractivity (Wildman–Crippen MR) is 76.2 cm³/mol. The molecule has 2 heteroatoms. The maximum atomic E-state index is 10.6. The van der Waals surface area contributed by atoms with Crippen molar-refractivity contribution in [2.24, 2.45) is 11.8 Å². The Morgan fingerprint density at radius 1 is 1.24 bits per heavy atom. The minimum atomic E-state index is -0.405. The Hall–Kier alpha value is -0.560. The van der Waals surface area contributed by atoms with Gasteiger partial charge in [0.15, 0.2) is 0 Å². The zero-order valence-electron chi connectivity index (χ0n) is 11.5. The Morgan fingerprint density at radius 2 is 1.88 bits per heavy atom. The van der Waals surface area contributed by atoms with Gasteiger partial charge in [0.2, 0.25) is 5.24 Å². The van der Waals surface area contributed by atoms with Gasteiger partial charge in [0, 0.05) is 6.08 Å². The van der Waals surface area contributed by atoms with E-state index < -0.39 is 5.24 Å². The molecule has 0 N–H and O–H groups in total. The summed E-state index contributed by atoms with van der Waals surface area (Å²) in [7, 11) is 0. The van der Waals surface area contributed by atoms with E-state index in [-0.39, 0.29) is 0 Å². The highest BCUT2D eigenvalue weighted by Crippen LogP contribution is 2.15. The fourth-order valence-electron chi connectivity index (χ4n) is 1.71. The molecule has 1 unspecified atom stereocenters. The van der Waals surface area contributed by atoms with Gasteiger partial charge in [0.1, 0.15) is 0 Å². The van der Waals surface area contributed by atoms with Crippen molar-refractivity contribution < 1.29 is 4.79 Å². The summed E-state index contributed by atoms with van der Waals surface area (Å²) in [6, 6.07) is 0. The van der Waals surface area contributed by atoms with Crippen LogP contribution in [0.4, 0.5) is 0 Å². The third-order valence-corrected chi connectivity index (χ3v) is 2.85. The first-order chi connectivity index (χ1) is 7.91. The molecular weight excluding hydrogens is 232 g/mol. The highest BCUT2D eigenvalue weighted by atomic mass is 35.5. The summed E-state index contributed by atoms with van der Waals surface area (Å²) in [6.07, 6.45) is 10.5. The SMILES string of the molecule is CC(C=CCC(C)CCCC(C)C)=CC(=O)Cl. The molecule has 98 valence electrons. The van der Waals surface area contributed by atoms with Crippen molar-refractivity contribution >= 4 is 16.8 Å². The molecule has 0 spiro atoms. The number of rotatable bonds is 8. The van der Waals surface area contributed by atoms with Crippen molar-refractivity contribution in [3.63, 3.8) is 0 Å². The molecule has 0 heterocycles. The van der Waals surface area contributed by atoms with Gasteiger partial charge in [-0.1, -0.05) is 52.2 Å². The van der Waals surface area contributed by atoms with Crippen LogP contribution in [0.1, 0.15) is 53.4 Å². The quantitative estimate of drug-likeness (QED) is 0.335. The minimum Gasteiger partial charge on any atom is -0.276 e. The van der Waals surface area contributed by atoms with Gasteiger partial charge in [0.25, 0.3) is 0 Å².